The van der Waals surface area contributed by atoms with E-state index in [1.54, 1.807) is 28.8 Å². The second-order valence-electron chi connectivity index (χ2n) is 5.32. The molecule has 2 aromatic carbocycles. The minimum absolute atomic E-state index is 0.155. The number of non-ortho nitro benzene ring substituents is 1. The van der Waals surface area contributed by atoms with E-state index in [1.807, 2.05) is 0 Å². The summed E-state index contributed by atoms with van der Waals surface area (Å²) in [5.41, 5.74) is 0.703. The number of carbonyl (C=O) groups excluding carboxylic acids is 1. The monoisotopic (exact) mass is 434 g/mol. The lowest BCUT2D eigenvalue weighted by Gasteiger charge is -2.12. The van der Waals surface area contributed by atoms with Gasteiger partial charge < -0.3 is 0 Å². The largest absolute Gasteiger partial charge is 0.288 e. The molecule has 9 heteroatoms. The summed E-state index contributed by atoms with van der Waals surface area (Å²) in [6.45, 7) is 0. The van der Waals surface area contributed by atoms with Crippen LogP contribution in [0.1, 0.15) is 21.7 Å². The minimum atomic E-state index is -0.543. The highest BCUT2D eigenvalue weighted by Crippen LogP contribution is 2.27. The zero-order valence-electron chi connectivity index (χ0n) is 13.3. The maximum Gasteiger partial charge on any atom is 0.270 e. The predicted octanol–water partition coefficient (Wildman–Crippen LogP) is 4.00. The minimum Gasteiger partial charge on any atom is -0.288 e. The van der Waals surface area contributed by atoms with Crippen LogP contribution in [0.5, 0.6) is 0 Å². The van der Waals surface area contributed by atoms with Crippen LogP contribution in [-0.2, 0) is 6.42 Å². The van der Waals surface area contributed by atoms with Crippen LogP contribution in [0.4, 0.5) is 5.69 Å². The molecule has 7 nitrogen and oxygen atoms in total. The zero-order valence-corrected chi connectivity index (χ0v) is 15.6. The summed E-state index contributed by atoms with van der Waals surface area (Å²) in [5.74, 6) is 0.219. The summed E-state index contributed by atoms with van der Waals surface area (Å²) in [6, 6.07) is 10.7. The standard InChI is InChI=1S/C17H12BrClN4O3/c18-8-7-16-21-20-10-22(16)15-6-5-11(23(25)26)9-13(15)17(24)12-3-1-2-4-14(12)19/h1-6,9-10H,7-8H2. The summed E-state index contributed by atoms with van der Waals surface area (Å²) in [5, 5.41) is 20.0. The van der Waals surface area contributed by atoms with Crippen molar-refractivity contribution in [3.63, 3.8) is 0 Å². The van der Waals surface area contributed by atoms with Gasteiger partial charge >= 0.3 is 0 Å². The van der Waals surface area contributed by atoms with Gasteiger partial charge in [0.15, 0.2) is 5.78 Å². The molecule has 1 aromatic heterocycles. The summed E-state index contributed by atoms with van der Waals surface area (Å²) < 4.78 is 1.65. The molecule has 0 spiro atoms. The summed E-state index contributed by atoms with van der Waals surface area (Å²) in [6.07, 6.45) is 2.05. The van der Waals surface area contributed by atoms with Gasteiger partial charge in [0, 0.05) is 29.4 Å². The number of alkyl halides is 1. The van der Waals surface area contributed by atoms with E-state index in [0.29, 0.717) is 23.3 Å². The summed E-state index contributed by atoms with van der Waals surface area (Å²) in [7, 11) is 0. The van der Waals surface area contributed by atoms with Crippen LogP contribution in [-0.4, -0.2) is 30.8 Å². The molecule has 26 heavy (non-hydrogen) atoms. The molecule has 0 fully saturated rings. The van der Waals surface area contributed by atoms with Crippen molar-refractivity contribution in [3.8, 4) is 5.69 Å². The Morgan fingerprint density at radius 1 is 1.23 bits per heavy atom. The molecule has 3 rings (SSSR count). The molecule has 0 radical (unpaired) electrons. The number of aromatic nitrogens is 3. The van der Waals surface area contributed by atoms with E-state index < -0.39 is 10.7 Å². The second-order valence-corrected chi connectivity index (χ2v) is 6.52. The molecule has 3 aromatic rings. The van der Waals surface area contributed by atoms with Crippen LogP contribution in [0.25, 0.3) is 5.69 Å². The fourth-order valence-electron chi connectivity index (χ4n) is 2.54. The number of nitro groups is 1. The summed E-state index contributed by atoms with van der Waals surface area (Å²) in [4.78, 5) is 23.7. The van der Waals surface area contributed by atoms with Gasteiger partial charge in [-0.1, -0.05) is 39.7 Å². The van der Waals surface area contributed by atoms with Gasteiger partial charge in [-0.25, -0.2) is 0 Å². The van der Waals surface area contributed by atoms with Crippen LogP contribution >= 0.6 is 27.5 Å². The average Bonchev–Trinajstić information content (AvgIpc) is 3.09. The van der Waals surface area contributed by atoms with Crippen LogP contribution in [0.2, 0.25) is 5.02 Å². The van der Waals surface area contributed by atoms with Crippen molar-refractivity contribution in [1.82, 2.24) is 14.8 Å². The van der Waals surface area contributed by atoms with Crippen LogP contribution in [0, 0.1) is 10.1 Å². The number of benzene rings is 2. The topological polar surface area (TPSA) is 90.9 Å². The van der Waals surface area contributed by atoms with E-state index in [4.69, 9.17) is 11.6 Å². The number of ketones is 1. The first-order valence-electron chi connectivity index (χ1n) is 7.56. The summed E-state index contributed by atoms with van der Waals surface area (Å²) >= 11 is 9.48. The highest BCUT2D eigenvalue weighted by molar-refractivity contribution is 9.09. The first kappa shape index (κ1) is 18.2. The first-order valence-corrected chi connectivity index (χ1v) is 9.05. The molecule has 0 aliphatic carbocycles. The van der Waals surface area contributed by atoms with Crippen molar-refractivity contribution in [3.05, 3.63) is 80.9 Å². The molecule has 0 bridgehead atoms. The highest BCUT2D eigenvalue weighted by Gasteiger charge is 2.22. The van der Waals surface area contributed by atoms with E-state index in [2.05, 4.69) is 26.1 Å². The number of carbonyl (C=O) groups is 1. The molecular weight excluding hydrogens is 424 g/mol. The van der Waals surface area contributed by atoms with E-state index >= 15 is 0 Å². The Morgan fingerprint density at radius 2 is 2.00 bits per heavy atom. The smallest absolute Gasteiger partial charge is 0.270 e. The molecule has 0 aliphatic rings. The van der Waals surface area contributed by atoms with Gasteiger partial charge in [-0.3, -0.25) is 19.5 Å². The SMILES string of the molecule is O=C(c1ccccc1Cl)c1cc([N+](=O)[O-])ccc1-n1cnnc1CCBr. The molecule has 1 heterocycles. The lowest BCUT2D eigenvalue weighted by atomic mass is 10.0. The van der Waals surface area contributed by atoms with Crippen LogP contribution in [0.15, 0.2) is 48.8 Å². The van der Waals surface area contributed by atoms with Gasteiger partial charge in [0.2, 0.25) is 0 Å². The van der Waals surface area contributed by atoms with Gasteiger partial charge in [-0.2, -0.15) is 0 Å². The Kier molecular flexibility index (Phi) is 5.43. The number of hydrogen-bond acceptors (Lipinski definition) is 5. The van der Waals surface area contributed by atoms with Crippen molar-refractivity contribution in [2.75, 3.05) is 5.33 Å². The van der Waals surface area contributed by atoms with Gasteiger partial charge in [0.25, 0.3) is 5.69 Å². The molecule has 0 saturated carbocycles. The number of aryl methyl sites for hydroxylation is 1. The van der Waals surface area contributed by atoms with Crippen molar-refractivity contribution in [1.29, 1.82) is 0 Å². The van der Waals surface area contributed by atoms with E-state index in [0.717, 1.165) is 0 Å². The van der Waals surface area contributed by atoms with Gasteiger partial charge in [-0.15, -0.1) is 10.2 Å². The molecule has 0 aliphatic heterocycles. The molecule has 0 N–H and O–H groups in total. The van der Waals surface area contributed by atoms with Gasteiger partial charge in [0.05, 0.1) is 21.2 Å². The fourth-order valence-corrected chi connectivity index (χ4v) is 3.11. The molecular formula is C17H12BrClN4O3. The normalized spacial score (nSPS) is 10.7. The van der Waals surface area contributed by atoms with Crippen molar-refractivity contribution < 1.29 is 9.72 Å². The Balaban J connectivity index is 2.20. The predicted molar refractivity (Wildman–Crippen MR) is 100 cm³/mol. The van der Waals surface area contributed by atoms with Crippen molar-refractivity contribution >= 4 is 39.0 Å². The van der Waals surface area contributed by atoms with Crippen LogP contribution in [0.3, 0.4) is 0 Å². The second kappa shape index (κ2) is 7.76. The third-order valence-electron chi connectivity index (χ3n) is 3.75. The van der Waals surface area contributed by atoms with Gasteiger partial charge in [-0.05, 0) is 18.2 Å². The number of halogens is 2. The molecule has 0 saturated heterocycles. The van der Waals surface area contributed by atoms with Crippen molar-refractivity contribution in [2.45, 2.75) is 6.42 Å². The lowest BCUT2D eigenvalue weighted by Crippen LogP contribution is -2.11. The van der Waals surface area contributed by atoms with Crippen LogP contribution < -0.4 is 0 Å². The van der Waals surface area contributed by atoms with E-state index in [9.17, 15) is 14.9 Å². The third kappa shape index (κ3) is 3.51. The van der Waals surface area contributed by atoms with Crippen molar-refractivity contribution in [2.24, 2.45) is 0 Å². The number of hydrogen-bond donors (Lipinski definition) is 0. The Bertz CT molecular complexity index is 990. The molecule has 0 unspecified atom stereocenters. The maximum atomic E-state index is 13.1. The quantitative estimate of drug-likeness (QED) is 0.253. The molecule has 0 atom stereocenters. The lowest BCUT2D eigenvalue weighted by molar-refractivity contribution is -0.384. The average molecular weight is 436 g/mol. The van der Waals surface area contributed by atoms with E-state index in [1.165, 1.54) is 24.5 Å². The number of nitrogens with zero attached hydrogens (tertiary/aromatic N) is 4. The third-order valence-corrected chi connectivity index (χ3v) is 4.48. The number of rotatable bonds is 6. The Labute approximate surface area is 161 Å². The number of nitro benzene ring substituents is 1. The molecule has 0 amide bonds. The molecule has 132 valence electrons. The zero-order chi connectivity index (χ0) is 18.7. The van der Waals surface area contributed by atoms with Gasteiger partial charge in [0.1, 0.15) is 12.2 Å². The Hall–Kier alpha value is -2.58. The first-order chi connectivity index (χ1) is 12.5. The maximum absolute atomic E-state index is 13.1. The van der Waals surface area contributed by atoms with E-state index in [-0.39, 0.29) is 21.8 Å². The Morgan fingerprint density at radius 3 is 2.69 bits per heavy atom. The highest BCUT2D eigenvalue weighted by atomic mass is 79.9. The fraction of sp³-hybridized carbons (Fsp3) is 0.118.